The summed E-state index contributed by atoms with van der Waals surface area (Å²) in [5.41, 5.74) is -0.732. The van der Waals surface area contributed by atoms with Gasteiger partial charge < -0.3 is 4.74 Å². The van der Waals surface area contributed by atoms with Crippen molar-refractivity contribution in [1.29, 1.82) is 0 Å². The normalized spacial score (nSPS) is 25.4. The lowest BCUT2D eigenvalue weighted by Gasteiger charge is -2.21. The van der Waals surface area contributed by atoms with Crippen molar-refractivity contribution < 1.29 is 23.1 Å². The van der Waals surface area contributed by atoms with Crippen LogP contribution in [0.1, 0.15) is 30.1 Å². The third kappa shape index (κ3) is 1.91. The van der Waals surface area contributed by atoms with Gasteiger partial charge in [0.05, 0.1) is 30.0 Å². The first-order chi connectivity index (χ1) is 9.49. The molecule has 1 aromatic rings. The molecule has 4 nitrogen and oxygen atoms in total. The van der Waals surface area contributed by atoms with Gasteiger partial charge in [0.2, 0.25) is 0 Å². The van der Waals surface area contributed by atoms with Crippen molar-refractivity contribution >= 4 is 17.4 Å². The molecule has 6 heteroatoms. The quantitative estimate of drug-likeness (QED) is 0.780. The van der Waals surface area contributed by atoms with Crippen LogP contribution >= 0.6 is 0 Å². The summed E-state index contributed by atoms with van der Waals surface area (Å²) in [7, 11) is 0. The number of benzene rings is 1. The number of nitrogens with zero attached hydrogens (tertiary/aromatic N) is 1. The van der Waals surface area contributed by atoms with Crippen LogP contribution in [0.25, 0.3) is 0 Å². The summed E-state index contributed by atoms with van der Waals surface area (Å²) in [5.74, 6) is -3.54. The average Bonchev–Trinajstić information content (AvgIpc) is 2.92. The van der Waals surface area contributed by atoms with E-state index in [1.165, 1.54) is 0 Å². The Morgan fingerprint density at radius 1 is 1.25 bits per heavy atom. The maximum Gasteiger partial charge on any atom is 0.299 e. The zero-order valence-corrected chi connectivity index (χ0v) is 10.9. The number of ether oxygens (including phenoxy) is 1. The zero-order valence-electron chi connectivity index (χ0n) is 10.9. The number of ketones is 1. The number of Topliss-reactive ketones (excluding diaryl/α,β-unsaturated/α-hetero) is 1. The molecule has 0 spiro atoms. The molecule has 0 aliphatic carbocycles. The van der Waals surface area contributed by atoms with E-state index < -0.39 is 28.9 Å². The van der Waals surface area contributed by atoms with E-state index in [9.17, 15) is 18.4 Å². The van der Waals surface area contributed by atoms with E-state index in [2.05, 4.69) is 0 Å². The minimum absolute atomic E-state index is 0.0717. The number of fused-ring (bicyclic) bond motifs is 1. The third-order valence-corrected chi connectivity index (χ3v) is 3.72. The van der Waals surface area contributed by atoms with Crippen LogP contribution in [0.15, 0.2) is 12.1 Å². The Labute approximate surface area is 114 Å². The molecule has 2 heterocycles. The van der Waals surface area contributed by atoms with E-state index >= 15 is 0 Å². The zero-order chi connectivity index (χ0) is 14.4. The third-order valence-electron chi connectivity index (χ3n) is 3.72. The van der Waals surface area contributed by atoms with Crippen LogP contribution in [-0.4, -0.2) is 30.4 Å². The second-order valence-corrected chi connectivity index (χ2v) is 5.14. The molecule has 2 atom stereocenters. The predicted octanol–water partition coefficient (Wildman–Crippen LogP) is 2.06. The number of carbonyl (C=O) groups excluding carboxylic acids is 2. The molecule has 20 heavy (non-hydrogen) atoms. The van der Waals surface area contributed by atoms with Crippen molar-refractivity contribution in [2.45, 2.75) is 32.0 Å². The molecule has 3 rings (SSSR count). The Bertz CT molecular complexity index is 602. The lowest BCUT2D eigenvalue weighted by molar-refractivity contribution is -0.114. The maximum atomic E-state index is 13.9. The molecule has 0 N–H and O–H groups in total. The van der Waals surface area contributed by atoms with Gasteiger partial charge in [0, 0.05) is 0 Å². The SMILES string of the molecule is CC1CCC(CN2C(=O)C(=O)c3c(F)ccc(F)c32)O1. The minimum atomic E-state index is -0.997. The van der Waals surface area contributed by atoms with E-state index in [4.69, 9.17) is 4.74 Å². The first kappa shape index (κ1) is 13.2. The van der Waals surface area contributed by atoms with Gasteiger partial charge in [-0.05, 0) is 31.9 Å². The van der Waals surface area contributed by atoms with Gasteiger partial charge in [0.15, 0.2) is 0 Å². The van der Waals surface area contributed by atoms with Gasteiger partial charge in [-0.1, -0.05) is 0 Å². The number of rotatable bonds is 2. The highest BCUT2D eigenvalue weighted by Gasteiger charge is 2.42. The molecule has 2 unspecified atom stereocenters. The van der Waals surface area contributed by atoms with Crippen LogP contribution in [0.2, 0.25) is 0 Å². The first-order valence-electron chi connectivity index (χ1n) is 6.48. The number of anilines is 1. The van der Waals surface area contributed by atoms with Crippen molar-refractivity contribution in [1.82, 2.24) is 0 Å². The van der Waals surface area contributed by atoms with Crippen LogP contribution in [0.4, 0.5) is 14.5 Å². The highest BCUT2D eigenvalue weighted by Crippen LogP contribution is 2.34. The number of amides is 1. The van der Waals surface area contributed by atoms with Crippen molar-refractivity contribution in [3.63, 3.8) is 0 Å². The summed E-state index contributed by atoms with van der Waals surface area (Å²) < 4.78 is 33.1. The summed E-state index contributed by atoms with van der Waals surface area (Å²) in [5, 5.41) is 0. The lowest BCUT2D eigenvalue weighted by atomic mass is 10.1. The summed E-state index contributed by atoms with van der Waals surface area (Å²) in [6.07, 6.45) is 1.39. The fourth-order valence-corrected chi connectivity index (χ4v) is 2.75. The van der Waals surface area contributed by atoms with Gasteiger partial charge >= 0.3 is 0 Å². The van der Waals surface area contributed by atoms with E-state index in [0.717, 1.165) is 29.9 Å². The van der Waals surface area contributed by atoms with Crippen molar-refractivity contribution in [3.8, 4) is 0 Å². The highest BCUT2D eigenvalue weighted by atomic mass is 19.1. The smallest absolute Gasteiger partial charge is 0.299 e. The molecule has 1 saturated heterocycles. The van der Waals surface area contributed by atoms with Crippen molar-refractivity contribution in [2.75, 3.05) is 11.4 Å². The maximum absolute atomic E-state index is 13.9. The van der Waals surface area contributed by atoms with Gasteiger partial charge in [-0.25, -0.2) is 8.78 Å². The standard InChI is InChI=1S/C14H13F2NO3/c1-7-2-3-8(20-7)6-17-12-10(16)5-4-9(15)11(12)13(18)14(17)19/h4-5,7-8H,2-3,6H2,1H3. The highest BCUT2D eigenvalue weighted by molar-refractivity contribution is 6.52. The molecule has 2 aliphatic rings. The fraction of sp³-hybridized carbons (Fsp3) is 0.429. The van der Waals surface area contributed by atoms with Crippen LogP contribution in [0.3, 0.4) is 0 Å². The van der Waals surface area contributed by atoms with Gasteiger partial charge in [0.25, 0.3) is 11.7 Å². The largest absolute Gasteiger partial charge is 0.373 e. The van der Waals surface area contributed by atoms with Crippen LogP contribution in [0.5, 0.6) is 0 Å². The van der Waals surface area contributed by atoms with Gasteiger partial charge in [-0.2, -0.15) is 0 Å². The predicted molar refractivity (Wildman–Crippen MR) is 66.6 cm³/mol. The fourth-order valence-electron chi connectivity index (χ4n) is 2.75. The molecule has 106 valence electrons. The molecular weight excluding hydrogens is 268 g/mol. The second kappa shape index (κ2) is 4.63. The number of hydrogen-bond donors (Lipinski definition) is 0. The minimum Gasteiger partial charge on any atom is -0.373 e. The second-order valence-electron chi connectivity index (χ2n) is 5.14. The first-order valence-corrected chi connectivity index (χ1v) is 6.48. The van der Waals surface area contributed by atoms with Crippen LogP contribution < -0.4 is 4.90 Å². The topological polar surface area (TPSA) is 46.6 Å². The van der Waals surface area contributed by atoms with E-state index in [0.29, 0.717) is 0 Å². The summed E-state index contributed by atoms with van der Waals surface area (Å²) in [4.78, 5) is 24.7. The van der Waals surface area contributed by atoms with E-state index in [1.54, 1.807) is 0 Å². The van der Waals surface area contributed by atoms with Gasteiger partial charge in [0.1, 0.15) is 11.6 Å². The van der Waals surface area contributed by atoms with Crippen molar-refractivity contribution in [3.05, 3.63) is 29.3 Å². The van der Waals surface area contributed by atoms with E-state index in [1.807, 2.05) is 6.92 Å². The Morgan fingerprint density at radius 3 is 2.60 bits per heavy atom. The van der Waals surface area contributed by atoms with E-state index in [-0.39, 0.29) is 24.4 Å². The lowest BCUT2D eigenvalue weighted by Crippen LogP contribution is -2.37. The number of hydrogen-bond acceptors (Lipinski definition) is 3. The Kier molecular flexibility index (Phi) is 3.05. The summed E-state index contributed by atoms with van der Waals surface area (Å²) in [6, 6.07) is 1.78. The molecule has 0 bridgehead atoms. The summed E-state index contributed by atoms with van der Waals surface area (Å²) >= 11 is 0. The molecule has 1 aromatic carbocycles. The molecule has 0 radical (unpaired) electrons. The Hall–Kier alpha value is -1.82. The molecule has 1 amide bonds. The monoisotopic (exact) mass is 281 g/mol. The van der Waals surface area contributed by atoms with Gasteiger partial charge in [-0.15, -0.1) is 0 Å². The summed E-state index contributed by atoms with van der Waals surface area (Å²) in [6.45, 7) is 1.98. The van der Waals surface area contributed by atoms with Gasteiger partial charge in [-0.3, -0.25) is 14.5 Å². The van der Waals surface area contributed by atoms with Crippen LogP contribution in [0, 0.1) is 11.6 Å². The Morgan fingerprint density at radius 2 is 1.95 bits per heavy atom. The molecule has 0 aromatic heterocycles. The molecule has 1 fully saturated rings. The Balaban J connectivity index is 1.96. The molecule has 0 saturated carbocycles. The average molecular weight is 281 g/mol. The van der Waals surface area contributed by atoms with Crippen LogP contribution in [-0.2, 0) is 9.53 Å². The number of carbonyl (C=O) groups is 2. The number of halogens is 2. The van der Waals surface area contributed by atoms with Crippen molar-refractivity contribution in [2.24, 2.45) is 0 Å². The molecular formula is C14H13F2NO3. The molecule has 2 aliphatic heterocycles.